The van der Waals surface area contributed by atoms with Crippen molar-refractivity contribution in [2.75, 3.05) is 13.1 Å². The summed E-state index contributed by atoms with van der Waals surface area (Å²) >= 11 is 0. The van der Waals surface area contributed by atoms with E-state index < -0.39 is 21.3 Å². The highest BCUT2D eigenvalue weighted by Gasteiger charge is 2.23. The van der Waals surface area contributed by atoms with Gasteiger partial charge in [0.05, 0.1) is 5.25 Å². The molecule has 2 N–H and O–H groups in total. The van der Waals surface area contributed by atoms with Crippen LogP contribution in [0, 0.1) is 12.7 Å². The van der Waals surface area contributed by atoms with Crippen molar-refractivity contribution in [3.63, 3.8) is 0 Å². The Morgan fingerprint density at radius 3 is 2.52 bits per heavy atom. The van der Waals surface area contributed by atoms with Crippen LogP contribution in [0.3, 0.4) is 0 Å². The Morgan fingerprint density at radius 1 is 1.29 bits per heavy atom. The first-order valence-electron chi connectivity index (χ1n) is 7.25. The minimum absolute atomic E-state index is 0.323. The number of halogens is 1. The van der Waals surface area contributed by atoms with E-state index in [0.29, 0.717) is 17.7 Å². The maximum Gasteiger partial charge on any atom is 0.216 e. The van der Waals surface area contributed by atoms with Crippen LogP contribution < -0.4 is 10.0 Å². The zero-order valence-corrected chi connectivity index (χ0v) is 13.9. The molecule has 0 aliphatic rings. The van der Waals surface area contributed by atoms with Crippen molar-refractivity contribution in [3.05, 3.63) is 35.1 Å². The molecule has 2 atom stereocenters. The molecule has 0 aromatic heterocycles. The highest BCUT2D eigenvalue weighted by molar-refractivity contribution is 7.90. The van der Waals surface area contributed by atoms with Gasteiger partial charge < -0.3 is 5.32 Å². The Morgan fingerprint density at radius 2 is 1.95 bits per heavy atom. The molecular weight excluding hydrogens is 291 g/mol. The molecule has 0 fully saturated rings. The summed E-state index contributed by atoms with van der Waals surface area (Å²) < 4.78 is 40.6. The second-order valence-corrected chi connectivity index (χ2v) is 7.54. The number of nitrogens with one attached hydrogen (secondary N) is 2. The lowest BCUT2D eigenvalue weighted by atomic mass is 10.1. The molecule has 0 saturated heterocycles. The van der Waals surface area contributed by atoms with Crippen LogP contribution in [0.1, 0.15) is 44.4 Å². The van der Waals surface area contributed by atoms with E-state index in [4.69, 9.17) is 0 Å². The molecule has 21 heavy (non-hydrogen) atoms. The fourth-order valence-electron chi connectivity index (χ4n) is 1.90. The van der Waals surface area contributed by atoms with Gasteiger partial charge in [0, 0.05) is 12.6 Å². The normalized spacial score (nSPS) is 14.9. The van der Waals surface area contributed by atoms with Crippen LogP contribution in [0.25, 0.3) is 0 Å². The van der Waals surface area contributed by atoms with Crippen molar-refractivity contribution in [3.8, 4) is 0 Å². The molecule has 1 aromatic carbocycles. The van der Waals surface area contributed by atoms with E-state index in [1.54, 1.807) is 32.9 Å². The molecule has 0 heterocycles. The van der Waals surface area contributed by atoms with Gasteiger partial charge in [-0.05, 0) is 50.9 Å². The second-order valence-electron chi connectivity index (χ2n) is 5.41. The van der Waals surface area contributed by atoms with Crippen molar-refractivity contribution >= 4 is 10.0 Å². The third kappa shape index (κ3) is 5.37. The second kappa shape index (κ2) is 7.87. The number of hydrogen-bond acceptors (Lipinski definition) is 3. The van der Waals surface area contributed by atoms with Crippen LogP contribution in [0.4, 0.5) is 4.39 Å². The summed E-state index contributed by atoms with van der Waals surface area (Å²) in [5, 5.41) is 2.55. The molecule has 0 aliphatic heterocycles. The highest BCUT2D eigenvalue weighted by Crippen LogP contribution is 2.17. The van der Waals surface area contributed by atoms with Crippen molar-refractivity contribution in [1.82, 2.24) is 10.0 Å². The van der Waals surface area contributed by atoms with Crippen molar-refractivity contribution in [1.29, 1.82) is 0 Å². The van der Waals surface area contributed by atoms with E-state index in [-0.39, 0.29) is 5.82 Å². The minimum atomic E-state index is -3.45. The fourth-order valence-corrected chi connectivity index (χ4v) is 3.10. The van der Waals surface area contributed by atoms with Gasteiger partial charge in [-0.3, -0.25) is 0 Å². The predicted molar refractivity (Wildman–Crippen MR) is 84.2 cm³/mol. The molecule has 0 radical (unpaired) electrons. The van der Waals surface area contributed by atoms with Gasteiger partial charge in [0.25, 0.3) is 0 Å². The average molecular weight is 316 g/mol. The Hall–Kier alpha value is -0.980. The van der Waals surface area contributed by atoms with E-state index in [1.165, 1.54) is 6.07 Å². The van der Waals surface area contributed by atoms with Gasteiger partial charge in [-0.25, -0.2) is 17.5 Å². The van der Waals surface area contributed by atoms with Gasteiger partial charge in [-0.2, -0.15) is 0 Å². The van der Waals surface area contributed by atoms with E-state index in [2.05, 4.69) is 10.0 Å². The molecule has 0 spiro atoms. The zero-order chi connectivity index (χ0) is 16.0. The summed E-state index contributed by atoms with van der Waals surface area (Å²) in [5.74, 6) is -0.323. The van der Waals surface area contributed by atoms with E-state index in [9.17, 15) is 12.8 Å². The summed E-state index contributed by atoms with van der Waals surface area (Å²) in [6, 6.07) is 4.31. The Kier molecular flexibility index (Phi) is 6.77. The summed E-state index contributed by atoms with van der Waals surface area (Å²) in [4.78, 5) is 0. The highest BCUT2D eigenvalue weighted by atomic mass is 32.2. The van der Waals surface area contributed by atoms with Crippen LogP contribution in [0.2, 0.25) is 0 Å². The smallest absolute Gasteiger partial charge is 0.216 e. The van der Waals surface area contributed by atoms with Crippen molar-refractivity contribution in [2.24, 2.45) is 0 Å². The Labute approximate surface area is 127 Å². The molecule has 120 valence electrons. The van der Waals surface area contributed by atoms with Crippen molar-refractivity contribution in [2.45, 2.75) is 45.4 Å². The van der Waals surface area contributed by atoms with Gasteiger partial charge in [-0.1, -0.05) is 19.1 Å². The van der Waals surface area contributed by atoms with E-state index in [0.717, 1.165) is 13.0 Å². The molecule has 4 nitrogen and oxygen atoms in total. The van der Waals surface area contributed by atoms with Crippen LogP contribution in [0.5, 0.6) is 0 Å². The van der Waals surface area contributed by atoms with Gasteiger partial charge >= 0.3 is 0 Å². The number of hydrogen-bond donors (Lipinski definition) is 2. The summed E-state index contributed by atoms with van der Waals surface area (Å²) in [6.45, 7) is 8.27. The molecule has 2 unspecified atom stereocenters. The summed E-state index contributed by atoms with van der Waals surface area (Å²) in [5.41, 5.74) is 1.17. The molecule has 0 saturated carbocycles. The lowest BCUT2D eigenvalue weighted by Crippen LogP contribution is -2.40. The molecule has 0 amide bonds. The molecule has 1 aromatic rings. The molecule has 6 heteroatoms. The Balaban J connectivity index is 2.71. The zero-order valence-electron chi connectivity index (χ0n) is 13.1. The van der Waals surface area contributed by atoms with Gasteiger partial charge in [0.15, 0.2) is 0 Å². The van der Waals surface area contributed by atoms with Crippen molar-refractivity contribution < 1.29 is 12.8 Å². The average Bonchev–Trinajstić information content (AvgIpc) is 2.41. The lowest BCUT2D eigenvalue weighted by Gasteiger charge is -2.19. The van der Waals surface area contributed by atoms with Crippen LogP contribution in [-0.4, -0.2) is 26.8 Å². The van der Waals surface area contributed by atoms with Gasteiger partial charge in [0.2, 0.25) is 10.0 Å². The van der Waals surface area contributed by atoms with Crippen LogP contribution in [-0.2, 0) is 10.0 Å². The third-order valence-electron chi connectivity index (χ3n) is 3.43. The molecule has 0 aliphatic carbocycles. The minimum Gasteiger partial charge on any atom is -0.315 e. The summed E-state index contributed by atoms with van der Waals surface area (Å²) in [6.07, 6.45) is 0.958. The van der Waals surface area contributed by atoms with Gasteiger partial charge in [0.1, 0.15) is 5.82 Å². The Bertz CT molecular complexity index is 561. The SMILES string of the molecule is CCCNCC(C)S(=O)(=O)NC(C)c1ccc(C)c(F)c1. The summed E-state index contributed by atoms with van der Waals surface area (Å²) in [7, 11) is -3.45. The maximum absolute atomic E-state index is 13.5. The number of rotatable bonds is 8. The lowest BCUT2D eigenvalue weighted by molar-refractivity contribution is 0.543. The first-order valence-corrected chi connectivity index (χ1v) is 8.80. The monoisotopic (exact) mass is 316 g/mol. The topological polar surface area (TPSA) is 58.2 Å². The standard InChI is InChI=1S/C15H25FN2O2S/c1-5-8-17-10-12(3)21(19,20)18-13(4)14-7-6-11(2)15(16)9-14/h6-7,9,12-13,17-18H,5,8,10H2,1-4H3. The number of aryl methyl sites for hydroxylation is 1. The number of sulfonamides is 1. The molecular formula is C15H25FN2O2S. The fraction of sp³-hybridized carbons (Fsp3) is 0.600. The quantitative estimate of drug-likeness (QED) is 0.725. The van der Waals surface area contributed by atoms with E-state index >= 15 is 0 Å². The number of benzene rings is 1. The predicted octanol–water partition coefficient (Wildman–Crippen LogP) is 2.50. The van der Waals surface area contributed by atoms with E-state index in [1.807, 2.05) is 6.92 Å². The third-order valence-corrected chi connectivity index (χ3v) is 5.33. The molecule has 1 rings (SSSR count). The largest absolute Gasteiger partial charge is 0.315 e. The first kappa shape index (κ1) is 18.1. The maximum atomic E-state index is 13.5. The van der Waals surface area contributed by atoms with Gasteiger partial charge in [-0.15, -0.1) is 0 Å². The van der Waals surface area contributed by atoms with Crippen LogP contribution >= 0.6 is 0 Å². The first-order chi connectivity index (χ1) is 9.77. The molecule has 0 bridgehead atoms. The van der Waals surface area contributed by atoms with Crippen LogP contribution in [0.15, 0.2) is 18.2 Å².